The van der Waals surface area contributed by atoms with Crippen molar-refractivity contribution in [1.29, 1.82) is 0 Å². The van der Waals surface area contributed by atoms with E-state index in [1.165, 1.54) is 12.1 Å². The molecule has 0 spiro atoms. The Morgan fingerprint density at radius 3 is 2.43 bits per heavy atom. The number of hydrogen-bond donors (Lipinski definition) is 1. The van der Waals surface area contributed by atoms with Crippen molar-refractivity contribution >= 4 is 5.69 Å². The molecule has 4 heteroatoms. The van der Waals surface area contributed by atoms with Crippen molar-refractivity contribution in [2.45, 2.75) is 6.92 Å². The monoisotopic (exact) mass is 192 g/mol. The van der Waals surface area contributed by atoms with E-state index in [0.29, 0.717) is 17.1 Å². The molecule has 14 heavy (non-hydrogen) atoms. The predicted octanol–water partition coefficient (Wildman–Crippen LogP) is 2.37. The fourth-order valence-corrected chi connectivity index (χ4v) is 1.19. The summed E-state index contributed by atoms with van der Waals surface area (Å²) in [6.07, 6.45) is 0. The highest BCUT2D eigenvalue weighted by Crippen LogP contribution is 2.27. The molecular weight excluding hydrogens is 183 g/mol. The second-order valence-corrected chi connectivity index (χ2v) is 3.02. The van der Waals surface area contributed by atoms with Gasteiger partial charge in [-0.3, -0.25) is 0 Å². The Bertz CT molecular complexity index is 448. The van der Waals surface area contributed by atoms with Crippen LogP contribution in [-0.2, 0) is 0 Å². The van der Waals surface area contributed by atoms with Crippen molar-refractivity contribution in [3.8, 4) is 11.3 Å². The molecule has 3 nitrogen and oxygen atoms in total. The molecule has 0 saturated heterocycles. The van der Waals surface area contributed by atoms with E-state index < -0.39 is 0 Å². The Morgan fingerprint density at radius 2 is 1.93 bits per heavy atom. The van der Waals surface area contributed by atoms with Crippen LogP contribution in [0, 0.1) is 12.7 Å². The Morgan fingerprint density at radius 1 is 1.29 bits per heavy atom. The Labute approximate surface area is 80.3 Å². The van der Waals surface area contributed by atoms with Crippen molar-refractivity contribution in [1.82, 2.24) is 5.16 Å². The van der Waals surface area contributed by atoms with Crippen LogP contribution >= 0.6 is 0 Å². The lowest BCUT2D eigenvalue weighted by atomic mass is 10.1. The zero-order valence-corrected chi connectivity index (χ0v) is 7.62. The van der Waals surface area contributed by atoms with Crippen LogP contribution in [0.15, 0.2) is 28.8 Å². The van der Waals surface area contributed by atoms with Gasteiger partial charge in [0.25, 0.3) is 0 Å². The Kier molecular flexibility index (Phi) is 1.96. The van der Waals surface area contributed by atoms with Crippen molar-refractivity contribution in [3.05, 3.63) is 35.8 Å². The largest absolute Gasteiger partial charge is 0.394 e. The van der Waals surface area contributed by atoms with E-state index >= 15 is 0 Å². The number of benzene rings is 1. The Hall–Kier alpha value is -1.84. The number of nitrogens with zero attached hydrogens (tertiary/aromatic N) is 1. The minimum atomic E-state index is -0.288. The molecule has 0 unspecified atom stereocenters. The third kappa shape index (κ3) is 1.35. The lowest BCUT2D eigenvalue weighted by Crippen LogP contribution is -1.87. The first-order valence-electron chi connectivity index (χ1n) is 4.16. The minimum Gasteiger partial charge on any atom is -0.394 e. The quantitative estimate of drug-likeness (QED) is 0.754. The van der Waals surface area contributed by atoms with E-state index in [1.807, 2.05) is 0 Å². The molecule has 0 amide bonds. The first-order valence-corrected chi connectivity index (χ1v) is 4.16. The van der Waals surface area contributed by atoms with Gasteiger partial charge in [0.1, 0.15) is 17.2 Å². The van der Waals surface area contributed by atoms with Gasteiger partial charge in [0.2, 0.25) is 0 Å². The van der Waals surface area contributed by atoms with Crippen molar-refractivity contribution in [2.75, 3.05) is 5.73 Å². The summed E-state index contributed by atoms with van der Waals surface area (Å²) in [5, 5.41) is 3.72. The van der Waals surface area contributed by atoms with E-state index in [4.69, 9.17) is 10.3 Å². The van der Waals surface area contributed by atoms with Gasteiger partial charge in [-0.15, -0.1) is 0 Å². The highest BCUT2D eigenvalue weighted by atomic mass is 19.1. The fourth-order valence-electron chi connectivity index (χ4n) is 1.19. The predicted molar refractivity (Wildman–Crippen MR) is 51.0 cm³/mol. The molecule has 0 aliphatic carbocycles. The third-order valence-corrected chi connectivity index (χ3v) is 2.01. The van der Waals surface area contributed by atoms with Gasteiger partial charge in [0, 0.05) is 5.56 Å². The van der Waals surface area contributed by atoms with Crippen molar-refractivity contribution in [2.24, 2.45) is 0 Å². The molecule has 1 heterocycles. The molecule has 2 N–H and O–H groups in total. The van der Waals surface area contributed by atoms with Gasteiger partial charge in [0.15, 0.2) is 5.76 Å². The van der Waals surface area contributed by atoms with Crippen LogP contribution in [0.5, 0.6) is 0 Å². The van der Waals surface area contributed by atoms with Gasteiger partial charge < -0.3 is 10.3 Å². The number of hydrogen-bond acceptors (Lipinski definition) is 3. The maximum Gasteiger partial charge on any atom is 0.189 e. The maximum atomic E-state index is 12.6. The zero-order chi connectivity index (χ0) is 10.1. The molecule has 2 aromatic rings. The molecule has 0 aliphatic heterocycles. The summed E-state index contributed by atoms with van der Waals surface area (Å²) in [6.45, 7) is 1.76. The molecule has 0 fully saturated rings. The maximum absolute atomic E-state index is 12.6. The van der Waals surface area contributed by atoms with Crippen molar-refractivity contribution in [3.63, 3.8) is 0 Å². The van der Waals surface area contributed by atoms with Crippen LogP contribution in [0.2, 0.25) is 0 Å². The Balaban J connectivity index is 2.49. The van der Waals surface area contributed by atoms with Gasteiger partial charge >= 0.3 is 0 Å². The second-order valence-electron chi connectivity index (χ2n) is 3.02. The molecule has 0 atom stereocenters. The van der Waals surface area contributed by atoms with E-state index in [-0.39, 0.29) is 5.82 Å². The standard InChI is InChI=1S/C10H9FN2O/c1-6-9(12)10(14-13-6)7-2-4-8(11)5-3-7/h2-5H,12H2,1H3. The van der Waals surface area contributed by atoms with Crippen LogP contribution in [0.25, 0.3) is 11.3 Å². The number of nitrogen functional groups attached to an aromatic ring is 1. The number of aryl methyl sites for hydroxylation is 1. The lowest BCUT2D eigenvalue weighted by molar-refractivity contribution is 0.427. The average molecular weight is 192 g/mol. The fraction of sp³-hybridized carbons (Fsp3) is 0.100. The topological polar surface area (TPSA) is 52.0 Å². The molecule has 1 aromatic heterocycles. The summed E-state index contributed by atoms with van der Waals surface area (Å²) < 4.78 is 17.7. The van der Waals surface area contributed by atoms with Crippen LogP contribution in [-0.4, -0.2) is 5.16 Å². The lowest BCUT2D eigenvalue weighted by Gasteiger charge is -1.96. The summed E-state index contributed by atoms with van der Waals surface area (Å²) in [6, 6.07) is 5.91. The van der Waals surface area contributed by atoms with Gasteiger partial charge in [0.05, 0.1) is 0 Å². The number of nitrogens with two attached hydrogens (primary N) is 1. The number of rotatable bonds is 1. The highest BCUT2D eigenvalue weighted by Gasteiger charge is 2.11. The summed E-state index contributed by atoms with van der Waals surface area (Å²) in [5.74, 6) is 0.200. The molecule has 1 aromatic carbocycles. The van der Waals surface area contributed by atoms with Crippen LogP contribution < -0.4 is 5.73 Å². The minimum absolute atomic E-state index is 0.288. The van der Waals surface area contributed by atoms with E-state index in [9.17, 15) is 4.39 Å². The van der Waals surface area contributed by atoms with Gasteiger partial charge in [-0.25, -0.2) is 4.39 Å². The normalized spacial score (nSPS) is 10.4. The summed E-state index contributed by atoms with van der Waals surface area (Å²) in [4.78, 5) is 0. The SMILES string of the molecule is Cc1noc(-c2ccc(F)cc2)c1N. The van der Waals surface area contributed by atoms with Crippen LogP contribution in [0.4, 0.5) is 10.1 Å². The highest BCUT2D eigenvalue weighted by molar-refractivity contribution is 5.71. The van der Waals surface area contributed by atoms with E-state index in [1.54, 1.807) is 19.1 Å². The van der Waals surface area contributed by atoms with Crippen molar-refractivity contribution < 1.29 is 8.91 Å². The molecule has 72 valence electrons. The number of halogens is 1. The molecule has 0 aliphatic rings. The second kappa shape index (κ2) is 3.14. The van der Waals surface area contributed by atoms with Gasteiger partial charge in [-0.05, 0) is 31.2 Å². The average Bonchev–Trinajstić information content (AvgIpc) is 2.50. The molecule has 0 radical (unpaired) electrons. The summed E-state index contributed by atoms with van der Waals surface area (Å²) in [5.41, 5.74) is 7.59. The smallest absolute Gasteiger partial charge is 0.189 e. The third-order valence-electron chi connectivity index (χ3n) is 2.01. The van der Waals surface area contributed by atoms with E-state index in [0.717, 1.165) is 5.56 Å². The number of aromatic nitrogens is 1. The van der Waals surface area contributed by atoms with Crippen LogP contribution in [0.3, 0.4) is 0 Å². The van der Waals surface area contributed by atoms with Crippen LogP contribution in [0.1, 0.15) is 5.69 Å². The summed E-state index contributed by atoms with van der Waals surface area (Å²) >= 11 is 0. The number of anilines is 1. The molecule has 2 rings (SSSR count). The van der Waals surface area contributed by atoms with Gasteiger partial charge in [-0.1, -0.05) is 5.16 Å². The summed E-state index contributed by atoms with van der Waals surface area (Å²) in [7, 11) is 0. The first kappa shape index (κ1) is 8.74. The zero-order valence-electron chi connectivity index (χ0n) is 7.62. The first-order chi connectivity index (χ1) is 6.68. The van der Waals surface area contributed by atoms with Gasteiger partial charge in [-0.2, -0.15) is 0 Å². The molecular formula is C10H9FN2O. The molecule has 0 saturated carbocycles. The van der Waals surface area contributed by atoms with E-state index in [2.05, 4.69) is 5.16 Å². The molecule has 0 bridgehead atoms.